The van der Waals surface area contributed by atoms with Crippen molar-refractivity contribution in [3.8, 4) is 6.07 Å². The summed E-state index contributed by atoms with van der Waals surface area (Å²) < 4.78 is 0. The van der Waals surface area contributed by atoms with Gasteiger partial charge in [-0.1, -0.05) is 0 Å². The molecule has 8 nitrogen and oxygen atoms in total. The molecule has 1 rings (SSSR count). The van der Waals surface area contributed by atoms with Gasteiger partial charge in [0.15, 0.2) is 0 Å². The molecule has 0 aromatic heterocycles. The van der Waals surface area contributed by atoms with Gasteiger partial charge in [-0.25, -0.2) is 10.2 Å². The van der Waals surface area contributed by atoms with Crippen molar-refractivity contribution in [2.75, 3.05) is 0 Å². The van der Waals surface area contributed by atoms with Crippen LogP contribution in [0.5, 0.6) is 0 Å². The number of primary amides is 1. The number of nitro benzene ring substituents is 1. The maximum absolute atomic E-state index is 10.5. The second-order valence-corrected chi connectivity index (χ2v) is 2.88. The Morgan fingerprint density at radius 1 is 1.65 bits per heavy atom. The van der Waals surface area contributed by atoms with E-state index >= 15 is 0 Å². The first-order valence-corrected chi connectivity index (χ1v) is 4.31. The van der Waals surface area contributed by atoms with E-state index in [9.17, 15) is 14.9 Å². The number of nitrogens with two attached hydrogens (primary N) is 1. The van der Waals surface area contributed by atoms with E-state index in [0.29, 0.717) is 5.56 Å². The van der Waals surface area contributed by atoms with Crippen LogP contribution in [0.4, 0.5) is 10.5 Å². The van der Waals surface area contributed by atoms with Gasteiger partial charge in [0.05, 0.1) is 11.1 Å². The Morgan fingerprint density at radius 3 is 2.88 bits per heavy atom. The van der Waals surface area contributed by atoms with Crippen molar-refractivity contribution < 1.29 is 9.72 Å². The van der Waals surface area contributed by atoms with Crippen LogP contribution < -0.4 is 11.2 Å². The predicted molar refractivity (Wildman–Crippen MR) is 58.1 cm³/mol. The Kier molecular flexibility index (Phi) is 3.72. The van der Waals surface area contributed by atoms with E-state index in [0.717, 1.165) is 0 Å². The van der Waals surface area contributed by atoms with Crippen molar-refractivity contribution in [1.82, 2.24) is 5.43 Å². The van der Waals surface area contributed by atoms with Gasteiger partial charge in [0, 0.05) is 6.07 Å². The van der Waals surface area contributed by atoms with Gasteiger partial charge in [0.1, 0.15) is 11.6 Å². The van der Waals surface area contributed by atoms with Crippen molar-refractivity contribution >= 4 is 17.9 Å². The Hall–Kier alpha value is -2.95. The number of nitrogens with zero attached hydrogens (tertiary/aromatic N) is 3. The Bertz CT molecular complexity index is 532. The van der Waals surface area contributed by atoms with Crippen LogP contribution in [-0.2, 0) is 0 Å². The number of hydrazone groups is 1. The molecule has 1 aromatic carbocycles. The summed E-state index contributed by atoms with van der Waals surface area (Å²) in [5, 5.41) is 22.7. The highest BCUT2D eigenvalue weighted by Gasteiger charge is 2.12. The smallest absolute Gasteiger partial charge is 0.332 e. The Morgan fingerprint density at radius 2 is 2.35 bits per heavy atom. The Labute approximate surface area is 95.5 Å². The highest BCUT2D eigenvalue weighted by molar-refractivity contribution is 5.82. The molecular formula is C9H7N5O3. The van der Waals surface area contributed by atoms with Gasteiger partial charge in [-0.15, -0.1) is 0 Å². The first-order valence-electron chi connectivity index (χ1n) is 4.31. The van der Waals surface area contributed by atoms with E-state index in [1.54, 1.807) is 6.07 Å². The SMILES string of the molecule is N#Cc1cc(C=NNC(N)=O)ccc1[N+](=O)[O-]. The van der Waals surface area contributed by atoms with Crippen LogP contribution in [-0.4, -0.2) is 17.2 Å². The van der Waals surface area contributed by atoms with Crippen LogP contribution in [0, 0.1) is 21.4 Å². The summed E-state index contributed by atoms with van der Waals surface area (Å²) >= 11 is 0. The molecule has 0 spiro atoms. The van der Waals surface area contributed by atoms with E-state index in [1.165, 1.54) is 24.4 Å². The summed E-state index contributed by atoms with van der Waals surface area (Å²) in [7, 11) is 0. The molecule has 1 aromatic rings. The third kappa shape index (κ3) is 3.28. The molecule has 0 aliphatic heterocycles. The molecule has 0 aliphatic carbocycles. The van der Waals surface area contributed by atoms with Crippen molar-refractivity contribution in [2.24, 2.45) is 10.8 Å². The average Bonchev–Trinajstić information content (AvgIpc) is 2.28. The van der Waals surface area contributed by atoms with Crippen LogP contribution in [0.2, 0.25) is 0 Å². The summed E-state index contributed by atoms with van der Waals surface area (Å²) in [5.74, 6) is 0. The fraction of sp³-hybridized carbons (Fsp3) is 0. The van der Waals surface area contributed by atoms with E-state index in [4.69, 9.17) is 11.0 Å². The molecule has 8 heteroatoms. The number of rotatable bonds is 3. The number of nitro groups is 1. The molecule has 3 N–H and O–H groups in total. The molecule has 0 aliphatic rings. The number of amides is 2. The van der Waals surface area contributed by atoms with Gasteiger partial charge >= 0.3 is 6.03 Å². The molecule has 0 unspecified atom stereocenters. The van der Waals surface area contributed by atoms with E-state index < -0.39 is 11.0 Å². The topological polar surface area (TPSA) is 134 Å². The van der Waals surface area contributed by atoms with Crippen LogP contribution in [0.25, 0.3) is 0 Å². The summed E-state index contributed by atoms with van der Waals surface area (Å²) in [6.45, 7) is 0. The van der Waals surface area contributed by atoms with E-state index in [1.807, 2.05) is 5.43 Å². The van der Waals surface area contributed by atoms with Crippen molar-refractivity contribution in [2.45, 2.75) is 0 Å². The standard InChI is InChI=1S/C9H7N5O3/c10-4-7-3-6(5-12-13-9(11)15)1-2-8(7)14(16)17/h1-3,5H,(H3,11,13,15). The molecule has 0 saturated heterocycles. The lowest BCUT2D eigenvalue weighted by Gasteiger charge is -1.96. The maximum atomic E-state index is 10.5. The highest BCUT2D eigenvalue weighted by Crippen LogP contribution is 2.18. The van der Waals surface area contributed by atoms with Crippen LogP contribution >= 0.6 is 0 Å². The molecule has 0 saturated carbocycles. The summed E-state index contributed by atoms with van der Waals surface area (Å²) in [6, 6.07) is 4.73. The molecule has 0 radical (unpaired) electrons. The lowest BCUT2D eigenvalue weighted by molar-refractivity contribution is -0.385. The van der Waals surface area contributed by atoms with E-state index in [2.05, 4.69) is 5.10 Å². The quantitative estimate of drug-likeness (QED) is 0.445. The minimum atomic E-state index is -0.830. The molecule has 0 bridgehead atoms. The van der Waals surface area contributed by atoms with E-state index in [-0.39, 0.29) is 11.3 Å². The van der Waals surface area contributed by atoms with Gasteiger partial charge in [0.25, 0.3) is 5.69 Å². The van der Waals surface area contributed by atoms with Crippen LogP contribution in [0.1, 0.15) is 11.1 Å². The van der Waals surface area contributed by atoms with Gasteiger partial charge < -0.3 is 5.73 Å². The number of hydrogen-bond acceptors (Lipinski definition) is 5. The normalized spacial score (nSPS) is 9.82. The number of nitriles is 1. The molecular weight excluding hydrogens is 226 g/mol. The van der Waals surface area contributed by atoms with Crippen LogP contribution in [0.3, 0.4) is 0 Å². The zero-order valence-electron chi connectivity index (χ0n) is 8.45. The fourth-order valence-electron chi connectivity index (χ4n) is 1.05. The first kappa shape index (κ1) is 12.1. The average molecular weight is 233 g/mol. The lowest BCUT2D eigenvalue weighted by Crippen LogP contribution is -2.24. The number of nitrogens with one attached hydrogen (secondary N) is 1. The maximum Gasteiger partial charge on any atom is 0.332 e. The second-order valence-electron chi connectivity index (χ2n) is 2.88. The predicted octanol–water partition coefficient (Wildman–Crippen LogP) is 0.469. The summed E-state index contributed by atoms with van der Waals surface area (Å²) in [4.78, 5) is 20.2. The summed E-state index contributed by atoms with van der Waals surface area (Å²) in [5.41, 5.74) is 6.79. The van der Waals surface area contributed by atoms with Crippen molar-refractivity contribution in [1.29, 1.82) is 5.26 Å². The lowest BCUT2D eigenvalue weighted by atomic mass is 10.1. The molecule has 17 heavy (non-hydrogen) atoms. The largest absolute Gasteiger partial charge is 0.350 e. The fourth-order valence-corrected chi connectivity index (χ4v) is 1.05. The zero-order valence-corrected chi connectivity index (χ0v) is 8.45. The molecule has 0 heterocycles. The van der Waals surface area contributed by atoms with Crippen molar-refractivity contribution in [3.05, 3.63) is 39.4 Å². The minimum Gasteiger partial charge on any atom is -0.350 e. The van der Waals surface area contributed by atoms with Gasteiger partial charge in [0.2, 0.25) is 0 Å². The zero-order chi connectivity index (χ0) is 12.8. The van der Waals surface area contributed by atoms with Gasteiger partial charge in [-0.2, -0.15) is 10.4 Å². The number of urea groups is 1. The van der Waals surface area contributed by atoms with Crippen LogP contribution in [0.15, 0.2) is 23.3 Å². The minimum absolute atomic E-state index is 0.0852. The number of benzene rings is 1. The molecule has 2 amide bonds. The number of carbonyl (C=O) groups is 1. The monoisotopic (exact) mass is 233 g/mol. The number of carbonyl (C=O) groups excluding carboxylic acids is 1. The van der Waals surface area contributed by atoms with Gasteiger partial charge in [-0.3, -0.25) is 10.1 Å². The summed E-state index contributed by atoms with van der Waals surface area (Å²) in [6.07, 6.45) is 1.22. The molecule has 0 atom stereocenters. The first-order chi connectivity index (χ1) is 8.04. The van der Waals surface area contributed by atoms with Crippen molar-refractivity contribution in [3.63, 3.8) is 0 Å². The number of hydrogen-bond donors (Lipinski definition) is 2. The highest BCUT2D eigenvalue weighted by atomic mass is 16.6. The molecule has 86 valence electrons. The Balaban J connectivity index is 2.99. The molecule has 0 fully saturated rings. The second kappa shape index (κ2) is 5.22. The third-order valence-electron chi connectivity index (χ3n) is 1.73. The third-order valence-corrected chi connectivity index (χ3v) is 1.73. The van der Waals surface area contributed by atoms with Gasteiger partial charge in [-0.05, 0) is 17.7 Å².